The molecule has 24 heavy (non-hydrogen) atoms. The second kappa shape index (κ2) is 5.45. The third-order valence-corrected chi connectivity index (χ3v) is 5.82. The first-order chi connectivity index (χ1) is 11.8. The van der Waals surface area contributed by atoms with Gasteiger partial charge in [-0.2, -0.15) is 0 Å². The molecule has 0 amide bonds. The van der Waals surface area contributed by atoms with Gasteiger partial charge in [-0.15, -0.1) is 0 Å². The first kappa shape index (κ1) is 14.2. The van der Waals surface area contributed by atoms with Gasteiger partial charge in [0, 0.05) is 32.5 Å². The zero-order chi connectivity index (χ0) is 16.1. The maximum absolute atomic E-state index is 5.11. The number of halogens is 1. The van der Waals surface area contributed by atoms with E-state index in [9.17, 15) is 0 Å². The SMILES string of the molecule is Brc1ccccc1-c1nc2ccc3[nH]ccc3c2c2c1CCCC2. The molecule has 0 atom stereocenters. The molecule has 1 N–H and O–H groups in total. The molecule has 0 spiro atoms. The van der Waals surface area contributed by atoms with Gasteiger partial charge in [0.1, 0.15) is 0 Å². The highest BCUT2D eigenvalue weighted by molar-refractivity contribution is 9.10. The molecular weight excluding hydrogens is 360 g/mol. The third kappa shape index (κ3) is 2.04. The molecule has 0 fully saturated rings. The second-order valence-corrected chi connectivity index (χ2v) is 7.36. The van der Waals surface area contributed by atoms with Gasteiger partial charge in [0.2, 0.25) is 0 Å². The van der Waals surface area contributed by atoms with E-state index in [0.29, 0.717) is 0 Å². The number of aromatic nitrogens is 2. The number of aromatic amines is 1. The number of H-pyrrole nitrogens is 1. The predicted molar refractivity (Wildman–Crippen MR) is 103 cm³/mol. The summed E-state index contributed by atoms with van der Waals surface area (Å²) >= 11 is 3.71. The van der Waals surface area contributed by atoms with Crippen LogP contribution in [-0.2, 0) is 12.8 Å². The number of fused-ring (bicyclic) bond motifs is 5. The van der Waals surface area contributed by atoms with Gasteiger partial charge in [-0.25, -0.2) is 4.98 Å². The average Bonchev–Trinajstić information content (AvgIpc) is 3.10. The largest absolute Gasteiger partial charge is 0.361 e. The zero-order valence-corrected chi connectivity index (χ0v) is 14.9. The summed E-state index contributed by atoms with van der Waals surface area (Å²) in [4.78, 5) is 8.44. The first-order valence-corrected chi connectivity index (χ1v) is 9.29. The summed E-state index contributed by atoms with van der Waals surface area (Å²) in [5.41, 5.74) is 7.60. The van der Waals surface area contributed by atoms with Gasteiger partial charge in [-0.1, -0.05) is 34.1 Å². The van der Waals surface area contributed by atoms with Crippen molar-refractivity contribution in [2.45, 2.75) is 25.7 Å². The molecule has 0 saturated heterocycles. The maximum atomic E-state index is 5.11. The molecule has 3 heteroatoms. The van der Waals surface area contributed by atoms with Crippen LogP contribution in [0.15, 0.2) is 53.1 Å². The summed E-state index contributed by atoms with van der Waals surface area (Å²) in [5.74, 6) is 0. The van der Waals surface area contributed by atoms with E-state index in [2.05, 4.69) is 63.4 Å². The van der Waals surface area contributed by atoms with Gasteiger partial charge in [0.15, 0.2) is 0 Å². The van der Waals surface area contributed by atoms with Crippen molar-refractivity contribution in [2.24, 2.45) is 0 Å². The van der Waals surface area contributed by atoms with E-state index in [0.717, 1.165) is 28.5 Å². The molecule has 0 bridgehead atoms. The minimum Gasteiger partial charge on any atom is -0.361 e. The van der Waals surface area contributed by atoms with Crippen molar-refractivity contribution >= 4 is 37.7 Å². The van der Waals surface area contributed by atoms with E-state index in [4.69, 9.17) is 4.98 Å². The standard InChI is InChI=1S/C21H17BrN2/c22-17-8-4-3-7-15(17)21-14-6-2-1-5-13(14)20-16-11-12-23-18(16)9-10-19(20)24-21/h3-4,7-12,23H,1-2,5-6H2. The number of rotatable bonds is 1. The molecule has 118 valence electrons. The van der Waals surface area contributed by atoms with Gasteiger partial charge in [0.25, 0.3) is 0 Å². The number of nitrogens with one attached hydrogen (secondary N) is 1. The van der Waals surface area contributed by atoms with E-state index in [1.807, 2.05) is 6.20 Å². The molecule has 0 aliphatic heterocycles. The monoisotopic (exact) mass is 376 g/mol. The van der Waals surface area contributed by atoms with Crippen molar-refractivity contribution in [2.75, 3.05) is 0 Å². The number of hydrogen-bond donors (Lipinski definition) is 1. The number of aryl methyl sites for hydroxylation is 1. The van der Waals surface area contributed by atoms with E-state index in [1.165, 1.54) is 45.8 Å². The third-order valence-electron chi connectivity index (χ3n) is 5.13. The van der Waals surface area contributed by atoms with Crippen LogP contribution in [-0.4, -0.2) is 9.97 Å². The van der Waals surface area contributed by atoms with E-state index in [-0.39, 0.29) is 0 Å². The van der Waals surface area contributed by atoms with Crippen LogP contribution in [0.25, 0.3) is 33.1 Å². The summed E-state index contributed by atoms with van der Waals surface area (Å²) in [6.07, 6.45) is 6.82. The van der Waals surface area contributed by atoms with Gasteiger partial charge in [0.05, 0.1) is 11.2 Å². The summed E-state index contributed by atoms with van der Waals surface area (Å²) in [5, 5.41) is 2.65. The van der Waals surface area contributed by atoms with Crippen LogP contribution < -0.4 is 0 Å². The molecule has 0 saturated carbocycles. The Kier molecular flexibility index (Phi) is 3.23. The Morgan fingerprint density at radius 1 is 0.917 bits per heavy atom. The molecule has 0 unspecified atom stereocenters. The van der Waals surface area contributed by atoms with Crippen molar-refractivity contribution in [3.63, 3.8) is 0 Å². The highest BCUT2D eigenvalue weighted by Gasteiger charge is 2.21. The Labute approximate surface area is 149 Å². The highest BCUT2D eigenvalue weighted by atomic mass is 79.9. The smallest absolute Gasteiger partial charge is 0.0755 e. The minimum absolute atomic E-state index is 1.11. The highest BCUT2D eigenvalue weighted by Crippen LogP contribution is 2.39. The lowest BCUT2D eigenvalue weighted by molar-refractivity contribution is 0.689. The van der Waals surface area contributed by atoms with Crippen LogP contribution in [0.3, 0.4) is 0 Å². The molecule has 0 radical (unpaired) electrons. The Bertz CT molecular complexity index is 1080. The molecule has 1 aliphatic rings. The number of benzene rings is 2. The molecule has 5 rings (SSSR count). The van der Waals surface area contributed by atoms with Gasteiger partial charge in [-0.05, 0) is 61.1 Å². The van der Waals surface area contributed by atoms with Gasteiger partial charge in [-0.3, -0.25) is 0 Å². The van der Waals surface area contributed by atoms with E-state index >= 15 is 0 Å². The van der Waals surface area contributed by atoms with Crippen molar-refractivity contribution in [1.82, 2.24) is 9.97 Å². The molecule has 2 aromatic carbocycles. The molecule has 2 heterocycles. The predicted octanol–water partition coefficient (Wildman–Crippen LogP) is 6.02. The second-order valence-electron chi connectivity index (χ2n) is 6.50. The number of hydrogen-bond acceptors (Lipinski definition) is 1. The Balaban J connectivity index is 1.93. The molecule has 2 aromatic heterocycles. The normalized spacial score (nSPS) is 14.2. The Morgan fingerprint density at radius 3 is 2.62 bits per heavy atom. The Morgan fingerprint density at radius 2 is 1.75 bits per heavy atom. The number of nitrogens with zero attached hydrogens (tertiary/aromatic N) is 1. The van der Waals surface area contributed by atoms with Crippen LogP contribution in [0.5, 0.6) is 0 Å². The topological polar surface area (TPSA) is 28.7 Å². The van der Waals surface area contributed by atoms with E-state index in [1.54, 1.807) is 0 Å². The fraction of sp³-hybridized carbons (Fsp3) is 0.190. The lowest BCUT2D eigenvalue weighted by Crippen LogP contribution is -2.08. The quantitative estimate of drug-likeness (QED) is 0.431. The van der Waals surface area contributed by atoms with Gasteiger partial charge >= 0.3 is 0 Å². The maximum Gasteiger partial charge on any atom is 0.0755 e. The first-order valence-electron chi connectivity index (χ1n) is 8.49. The number of pyridine rings is 1. The molecule has 4 aromatic rings. The summed E-state index contributed by atoms with van der Waals surface area (Å²) < 4.78 is 1.12. The molecular formula is C21H17BrN2. The zero-order valence-electron chi connectivity index (χ0n) is 13.3. The fourth-order valence-electron chi connectivity index (χ4n) is 4.04. The van der Waals surface area contributed by atoms with Crippen LogP contribution in [0, 0.1) is 0 Å². The average molecular weight is 377 g/mol. The summed E-state index contributed by atoms with van der Waals surface area (Å²) in [7, 11) is 0. The minimum atomic E-state index is 1.11. The summed E-state index contributed by atoms with van der Waals surface area (Å²) in [6.45, 7) is 0. The molecule has 2 nitrogen and oxygen atoms in total. The van der Waals surface area contributed by atoms with Crippen LogP contribution in [0.4, 0.5) is 0 Å². The van der Waals surface area contributed by atoms with Crippen LogP contribution in [0.1, 0.15) is 24.0 Å². The lowest BCUT2D eigenvalue weighted by atomic mass is 9.85. The summed E-state index contributed by atoms with van der Waals surface area (Å²) in [6, 6.07) is 14.9. The fourth-order valence-corrected chi connectivity index (χ4v) is 4.51. The molecule has 1 aliphatic carbocycles. The van der Waals surface area contributed by atoms with Crippen LogP contribution in [0.2, 0.25) is 0 Å². The van der Waals surface area contributed by atoms with Crippen molar-refractivity contribution in [1.29, 1.82) is 0 Å². The van der Waals surface area contributed by atoms with Gasteiger partial charge < -0.3 is 4.98 Å². The van der Waals surface area contributed by atoms with Crippen molar-refractivity contribution < 1.29 is 0 Å². The van der Waals surface area contributed by atoms with Crippen LogP contribution >= 0.6 is 15.9 Å². The van der Waals surface area contributed by atoms with Crippen molar-refractivity contribution in [3.8, 4) is 11.3 Å². The Hall–Kier alpha value is -2.13. The van der Waals surface area contributed by atoms with Crippen molar-refractivity contribution in [3.05, 3.63) is 64.3 Å². The van der Waals surface area contributed by atoms with E-state index < -0.39 is 0 Å². The lowest BCUT2D eigenvalue weighted by Gasteiger charge is -2.22.